The van der Waals surface area contributed by atoms with Crippen molar-refractivity contribution in [2.75, 3.05) is 11.1 Å². The van der Waals surface area contributed by atoms with Gasteiger partial charge in [-0.2, -0.15) is 15.0 Å². The first kappa shape index (κ1) is 19.9. The molecule has 144 valence electrons. The number of rotatable bonds is 7. The quantitative estimate of drug-likeness (QED) is 0.439. The number of nitrogen functional groups attached to an aromatic ring is 1. The molecule has 0 saturated heterocycles. The van der Waals surface area contributed by atoms with Crippen molar-refractivity contribution in [2.45, 2.75) is 23.7 Å². The van der Waals surface area contributed by atoms with Gasteiger partial charge in [0.15, 0.2) is 12.4 Å². The molecule has 0 aliphatic rings. The molecule has 1 atom stereocenters. The number of nitrogens with one attached hydrogen (secondary N) is 1. The fraction of sp³-hybridized carbons (Fsp3) is 0.158. The molecule has 7 nitrogen and oxygen atoms in total. The molecule has 0 radical (unpaired) electrons. The van der Waals surface area contributed by atoms with E-state index < -0.39 is 0 Å². The molecule has 3 aromatic rings. The summed E-state index contributed by atoms with van der Waals surface area (Å²) in [6.07, 6.45) is 0. The first-order chi connectivity index (χ1) is 13.5. The first-order valence-corrected chi connectivity index (χ1v) is 9.67. The molecule has 0 amide bonds. The Bertz CT molecular complexity index is 941. The minimum absolute atomic E-state index is 0.0317. The molecule has 0 bridgehead atoms. The number of thioether (sulfide) groups is 1. The van der Waals surface area contributed by atoms with Crippen molar-refractivity contribution in [1.82, 2.24) is 15.0 Å². The molecule has 0 spiro atoms. The fourth-order valence-corrected chi connectivity index (χ4v) is 3.24. The maximum absolute atomic E-state index is 12.2. The lowest BCUT2D eigenvalue weighted by atomic mass is 10.3. The van der Waals surface area contributed by atoms with E-state index in [9.17, 15) is 4.79 Å². The van der Waals surface area contributed by atoms with Crippen LogP contribution in [-0.2, 0) is 16.1 Å². The van der Waals surface area contributed by atoms with Crippen molar-refractivity contribution in [1.29, 1.82) is 0 Å². The number of ether oxygens (including phenoxy) is 1. The molecule has 0 unspecified atom stereocenters. The van der Waals surface area contributed by atoms with E-state index in [-0.39, 0.29) is 35.5 Å². The van der Waals surface area contributed by atoms with E-state index in [1.807, 2.05) is 30.3 Å². The third kappa shape index (κ3) is 5.83. The van der Waals surface area contributed by atoms with Crippen molar-refractivity contribution in [2.24, 2.45) is 0 Å². The van der Waals surface area contributed by atoms with Gasteiger partial charge < -0.3 is 15.8 Å². The smallest absolute Gasteiger partial charge is 0.319 e. The molecular weight excluding hydrogens is 398 g/mol. The zero-order valence-corrected chi connectivity index (χ0v) is 16.6. The van der Waals surface area contributed by atoms with Gasteiger partial charge in [-0.05, 0) is 43.3 Å². The van der Waals surface area contributed by atoms with E-state index in [4.69, 9.17) is 22.1 Å². The van der Waals surface area contributed by atoms with Crippen LogP contribution in [0.3, 0.4) is 0 Å². The standard InChI is InChI=1S/C19H18ClN5O2S/c1-12(28-15-5-3-2-4-6-15)17(26)27-11-16-23-18(21)25-19(24-16)22-14-9-7-13(20)8-10-14/h2-10,12H,11H2,1H3,(H3,21,22,23,24,25)/t12-/m1/s1. The summed E-state index contributed by atoms with van der Waals surface area (Å²) in [5, 5.41) is 3.26. The first-order valence-electron chi connectivity index (χ1n) is 8.41. The highest BCUT2D eigenvalue weighted by Gasteiger charge is 2.17. The van der Waals surface area contributed by atoms with Gasteiger partial charge in [0, 0.05) is 15.6 Å². The Morgan fingerprint density at radius 1 is 1.14 bits per heavy atom. The molecule has 1 aromatic heterocycles. The van der Waals surface area contributed by atoms with E-state index in [2.05, 4.69) is 20.3 Å². The lowest BCUT2D eigenvalue weighted by Crippen LogP contribution is -2.18. The average molecular weight is 416 g/mol. The average Bonchev–Trinajstić information content (AvgIpc) is 2.68. The largest absolute Gasteiger partial charge is 0.457 e. The topological polar surface area (TPSA) is 103 Å². The van der Waals surface area contributed by atoms with Crippen LogP contribution in [0.4, 0.5) is 17.6 Å². The molecule has 28 heavy (non-hydrogen) atoms. The molecule has 2 aromatic carbocycles. The number of benzene rings is 2. The Hall–Kier alpha value is -2.84. The third-order valence-electron chi connectivity index (χ3n) is 3.53. The number of hydrogen-bond acceptors (Lipinski definition) is 8. The number of anilines is 3. The lowest BCUT2D eigenvalue weighted by molar-refractivity contribution is -0.144. The van der Waals surface area contributed by atoms with Crippen LogP contribution in [0.15, 0.2) is 59.5 Å². The molecule has 0 aliphatic carbocycles. The minimum atomic E-state index is -0.367. The van der Waals surface area contributed by atoms with E-state index in [1.54, 1.807) is 31.2 Å². The summed E-state index contributed by atoms with van der Waals surface area (Å²) in [5.41, 5.74) is 6.48. The van der Waals surface area contributed by atoms with E-state index in [0.717, 1.165) is 10.6 Å². The van der Waals surface area contributed by atoms with Gasteiger partial charge in [0.2, 0.25) is 11.9 Å². The zero-order chi connectivity index (χ0) is 19.9. The van der Waals surface area contributed by atoms with E-state index in [0.29, 0.717) is 5.02 Å². The number of halogens is 1. The summed E-state index contributed by atoms with van der Waals surface area (Å²) in [5.74, 6) is 0.186. The summed E-state index contributed by atoms with van der Waals surface area (Å²) in [6.45, 7) is 1.69. The van der Waals surface area contributed by atoms with E-state index >= 15 is 0 Å². The van der Waals surface area contributed by atoms with Crippen LogP contribution in [0.1, 0.15) is 12.7 Å². The molecular formula is C19H18ClN5O2S. The second-order valence-electron chi connectivity index (χ2n) is 5.75. The summed E-state index contributed by atoms with van der Waals surface area (Å²) in [6, 6.07) is 16.7. The zero-order valence-electron chi connectivity index (χ0n) is 15.0. The Balaban J connectivity index is 1.60. The van der Waals surface area contributed by atoms with E-state index in [1.165, 1.54) is 11.8 Å². The van der Waals surface area contributed by atoms with Gasteiger partial charge in [-0.3, -0.25) is 4.79 Å². The van der Waals surface area contributed by atoms with Gasteiger partial charge in [-0.15, -0.1) is 11.8 Å². The molecule has 9 heteroatoms. The number of esters is 1. The van der Waals surface area contributed by atoms with Crippen LogP contribution in [0.2, 0.25) is 5.02 Å². The Morgan fingerprint density at radius 3 is 2.57 bits per heavy atom. The van der Waals surface area contributed by atoms with Crippen LogP contribution in [0, 0.1) is 0 Å². The number of carbonyl (C=O) groups excluding carboxylic acids is 1. The van der Waals surface area contributed by atoms with Gasteiger partial charge in [-0.25, -0.2) is 0 Å². The maximum atomic E-state index is 12.2. The summed E-state index contributed by atoms with van der Waals surface area (Å²) in [4.78, 5) is 25.5. The van der Waals surface area contributed by atoms with Crippen molar-refractivity contribution in [3.63, 3.8) is 0 Å². The SMILES string of the molecule is C[C@@H](Sc1ccccc1)C(=O)OCc1nc(N)nc(Nc2ccc(Cl)cc2)n1. The van der Waals surface area contributed by atoms with Gasteiger partial charge in [0.1, 0.15) is 5.25 Å². The molecule has 0 saturated carbocycles. The van der Waals surface area contributed by atoms with Gasteiger partial charge in [0.25, 0.3) is 0 Å². The van der Waals surface area contributed by atoms with Crippen LogP contribution >= 0.6 is 23.4 Å². The summed E-state index contributed by atoms with van der Waals surface area (Å²) in [7, 11) is 0. The summed E-state index contributed by atoms with van der Waals surface area (Å²) < 4.78 is 5.32. The molecule has 3 N–H and O–H groups in total. The summed E-state index contributed by atoms with van der Waals surface area (Å²) >= 11 is 7.29. The lowest BCUT2D eigenvalue weighted by Gasteiger charge is -2.11. The second kappa shape index (κ2) is 9.38. The van der Waals surface area contributed by atoms with Crippen LogP contribution in [0.25, 0.3) is 0 Å². The predicted molar refractivity (Wildman–Crippen MR) is 111 cm³/mol. The minimum Gasteiger partial charge on any atom is -0.457 e. The van der Waals surface area contributed by atoms with Gasteiger partial charge >= 0.3 is 5.97 Å². The Labute approximate surface area is 171 Å². The molecule has 0 aliphatic heterocycles. The monoisotopic (exact) mass is 415 g/mol. The highest BCUT2D eigenvalue weighted by atomic mass is 35.5. The number of aromatic nitrogens is 3. The van der Waals surface area contributed by atoms with Crippen LogP contribution < -0.4 is 11.1 Å². The third-order valence-corrected chi connectivity index (χ3v) is 4.87. The highest BCUT2D eigenvalue weighted by Crippen LogP contribution is 2.23. The van der Waals surface area contributed by atoms with Crippen molar-refractivity contribution < 1.29 is 9.53 Å². The number of carbonyl (C=O) groups is 1. The van der Waals surface area contributed by atoms with Gasteiger partial charge in [-0.1, -0.05) is 29.8 Å². The van der Waals surface area contributed by atoms with Crippen LogP contribution in [-0.4, -0.2) is 26.2 Å². The Kier molecular flexibility index (Phi) is 6.67. The number of nitrogens with zero attached hydrogens (tertiary/aromatic N) is 3. The van der Waals surface area contributed by atoms with Gasteiger partial charge in [0.05, 0.1) is 0 Å². The van der Waals surface area contributed by atoms with Crippen molar-refractivity contribution in [3.05, 3.63) is 65.4 Å². The molecule has 1 heterocycles. The predicted octanol–water partition coefficient (Wildman–Crippen LogP) is 4.07. The molecule has 3 rings (SSSR count). The van der Waals surface area contributed by atoms with Crippen molar-refractivity contribution in [3.8, 4) is 0 Å². The Morgan fingerprint density at radius 2 is 1.86 bits per heavy atom. The normalized spacial score (nSPS) is 11.6. The van der Waals surface area contributed by atoms with Crippen molar-refractivity contribution >= 4 is 46.9 Å². The maximum Gasteiger partial charge on any atom is 0.319 e. The number of nitrogens with two attached hydrogens (primary N) is 1. The fourth-order valence-electron chi connectivity index (χ4n) is 2.23. The number of hydrogen-bond donors (Lipinski definition) is 2. The van der Waals surface area contributed by atoms with Crippen LogP contribution in [0.5, 0.6) is 0 Å². The highest BCUT2D eigenvalue weighted by molar-refractivity contribution is 8.00. The molecule has 0 fully saturated rings. The second-order valence-corrected chi connectivity index (χ2v) is 7.60.